The molecule has 0 atom stereocenters. The highest BCUT2D eigenvalue weighted by molar-refractivity contribution is 7.92. The second-order valence-electron chi connectivity index (χ2n) is 7.68. The molecule has 0 unspecified atom stereocenters. The fourth-order valence-corrected chi connectivity index (χ4v) is 4.80. The van der Waals surface area contributed by atoms with Crippen molar-refractivity contribution in [2.24, 2.45) is 10.6 Å². The number of amides is 1. The smallest absolute Gasteiger partial charge is 0.268 e. The minimum atomic E-state index is -4.99. The highest BCUT2D eigenvalue weighted by Gasteiger charge is 2.36. The van der Waals surface area contributed by atoms with Crippen molar-refractivity contribution in [3.63, 3.8) is 0 Å². The third-order valence-electron chi connectivity index (χ3n) is 3.82. The SMILES string of the molecule is CC(C)(C)C#Cc1ccc(C(=O)NS(=O)(=O)c2ccccc2S(N)(=O)=O)c(C(F)(F)F)c1. The van der Waals surface area contributed by atoms with Crippen LogP contribution in [0.3, 0.4) is 0 Å². The fraction of sp³-hybridized carbons (Fsp3) is 0.250. The van der Waals surface area contributed by atoms with Gasteiger partial charge in [-0.15, -0.1) is 0 Å². The van der Waals surface area contributed by atoms with E-state index in [1.807, 2.05) is 0 Å². The van der Waals surface area contributed by atoms with Crippen LogP contribution >= 0.6 is 0 Å². The molecule has 0 fully saturated rings. The van der Waals surface area contributed by atoms with Gasteiger partial charge in [-0.05, 0) is 51.1 Å². The molecular weight excluding hydrogens is 469 g/mol. The molecule has 0 saturated heterocycles. The summed E-state index contributed by atoms with van der Waals surface area (Å²) in [7, 11) is -9.38. The van der Waals surface area contributed by atoms with Gasteiger partial charge in [-0.3, -0.25) is 4.79 Å². The molecule has 0 bridgehead atoms. The molecule has 12 heteroatoms. The van der Waals surface area contributed by atoms with E-state index in [2.05, 4.69) is 11.8 Å². The second kappa shape index (κ2) is 8.57. The maximum atomic E-state index is 13.6. The van der Waals surface area contributed by atoms with Crippen LogP contribution in [0.4, 0.5) is 13.2 Å². The Hall–Kier alpha value is -2.88. The van der Waals surface area contributed by atoms with Gasteiger partial charge in [0.15, 0.2) is 0 Å². The fourth-order valence-electron chi connectivity index (χ4n) is 2.45. The van der Waals surface area contributed by atoms with Crippen molar-refractivity contribution >= 4 is 26.0 Å². The summed E-state index contributed by atoms with van der Waals surface area (Å²) in [4.78, 5) is 10.8. The number of nitrogens with one attached hydrogen (secondary N) is 1. The average molecular weight is 489 g/mol. The van der Waals surface area contributed by atoms with Crippen molar-refractivity contribution in [3.8, 4) is 11.8 Å². The number of nitrogens with two attached hydrogens (primary N) is 1. The maximum absolute atomic E-state index is 13.6. The first-order valence-corrected chi connectivity index (χ1v) is 11.9. The first-order chi connectivity index (χ1) is 14.4. The van der Waals surface area contributed by atoms with E-state index in [0.717, 1.165) is 30.3 Å². The molecule has 7 nitrogen and oxygen atoms in total. The van der Waals surface area contributed by atoms with Gasteiger partial charge >= 0.3 is 6.18 Å². The molecule has 0 aromatic heterocycles. The summed E-state index contributed by atoms with van der Waals surface area (Å²) < 4.78 is 90.6. The molecule has 2 aromatic carbocycles. The molecular formula is C20H19F3N2O5S2. The Kier molecular flexibility index (Phi) is 6.80. The number of carbonyl (C=O) groups is 1. The quantitative estimate of drug-likeness (QED) is 0.641. The Bertz CT molecular complexity index is 1330. The predicted molar refractivity (Wildman–Crippen MR) is 110 cm³/mol. The molecule has 0 spiro atoms. The predicted octanol–water partition coefficient (Wildman–Crippen LogP) is 2.87. The Morgan fingerprint density at radius 1 is 0.969 bits per heavy atom. The van der Waals surface area contributed by atoms with Crippen LogP contribution in [0.5, 0.6) is 0 Å². The number of carbonyl (C=O) groups excluding carboxylic acids is 1. The van der Waals surface area contributed by atoms with Crippen LogP contribution in [0, 0.1) is 17.3 Å². The summed E-state index contributed by atoms with van der Waals surface area (Å²) in [5.74, 6) is 3.74. The van der Waals surface area contributed by atoms with E-state index in [4.69, 9.17) is 5.14 Å². The summed E-state index contributed by atoms with van der Waals surface area (Å²) in [6.45, 7) is 5.28. The number of benzene rings is 2. The number of rotatable bonds is 4. The maximum Gasteiger partial charge on any atom is 0.417 e. The van der Waals surface area contributed by atoms with Crippen LogP contribution < -0.4 is 9.86 Å². The number of hydrogen-bond acceptors (Lipinski definition) is 5. The first-order valence-electron chi connectivity index (χ1n) is 8.85. The zero-order valence-corrected chi connectivity index (χ0v) is 18.7. The zero-order chi connectivity index (χ0) is 24.5. The molecule has 0 aliphatic heterocycles. The molecule has 3 N–H and O–H groups in total. The summed E-state index contributed by atoms with van der Waals surface area (Å²) >= 11 is 0. The van der Waals surface area contributed by atoms with Crippen LogP contribution in [0.15, 0.2) is 52.3 Å². The highest BCUT2D eigenvalue weighted by Crippen LogP contribution is 2.33. The lowest BCUT2D eigenvalue weighted by molar-refractivity contribution is -0.137. The van der Waals surface area contributed by atoms with E-state index in [1.54, 1.807) is 20.8 Å². The summed E-state index contributed by atoms with van der Waals surface area (Å²) in [5, 5.41) is 4.99. The van der Waals surface area contributed by atoms with Gasteiger partial charge < -0.3 is 0 Å². The third kappa shape index (κ3) is 6.32. The first kappa shape index (κ1) is 25.4. The van der Waals surface area contributed by atoms with Crippen molar-refractivity contribution in [3.05, 3.63) is 59.2 Å². The summed E-state index contributed by atoms with van der Waals surface area (Å²) in [6, 6.07) is 6.68. The molecule has 0 heterocycles. The zero-order valence-electron chi connectivity index (χ0n) is 17.1. The van der Waals surface area contributed by atoms with Gasteiger partial charge in [-0.25, -0.2) is 26.7 Å². The summed E-state index contributed by atoms with van der Waals surface area (Å²) in [5.41, 5.74) is -2.88. The molecule has 0 aliphatic rings. The minimum absolute atomic E-state index is 0.0220. The Balaban J connectivity index is 2.53. The number of primary sulfonamides is 1. The molecule has 2 aromatic rings. The van der Waals surface area contributed by atoms with Crippen molar-refractivity contribution in [1.82, 2.24) is 4.72 Å². The van der Waals surface area contributed by atoms with Crippen molar-refractivity contribution in [2.75, 3.05) is 0 Å². The van der Waals surface area contributed by atoms with Gasteiger partial charge in [0, 0.05) is 11.0 Å². The van der Waals surface area contributed by atoms with E-state index >= 15 is 0 Å². The van der Waals surface area contributed by atoms with E-state index in [9.17, 15) is 34.8 Å². The van der Waals surface area contributed by atoms with E-state index in [0.29, 0.717) is 6.07 Å². The summed E-state index contributed by atoms with van der Waals surface area (Å²) in [6.07, 6.45) is -4.99. The highest BCUT2D eigenvalue weighted by atomic mass is 32.2. The van der Waals surface area contributed by atoms with Crippen LogP contribution in [0.1, 0.15) is 42.3 Å². The molecule has 0 aliphatic carbocycles. The van der Waals surface area contributed by atoms with Gasteiger partial charge in [0.2, 0.25) is 10.0 Å². The van der Waals surface area contributed by atoms with E-state index in [-0.39, 0.29) is 5.56 Å². The minimum Gasteiger partial charge on any atom is -0.268 e. The van der Waals surface area contributed by atoms with Crippen LogP contribution in [-0.2, 0) is 26.2 Å². The second-order valence-corrected chi connectivity index (χ2v) is 10.9. The van der Waals surface area contributed by atoms with E-state index < -0.39 is 58.5 Å². The lowest BCUT2D eigenvalue weighted by Gasteiger charge is -2.15. The third-order valence-corrected chi connectivity index (χ3v) is 6.31. The monoisotopic (exact) mass is 488 g/mol. The van der Waals surface area contributed by atoms with Gasteiger partial charge in [-0.2, -0.15) is 13.2 Å². The Morgan fingerprint density at radius 3 is 2.03 bits per heavy atom. The van der Waals surface area contributed by atoms with Gasteiger partial charge in [0.25, 0.3) is 15.9 Å². The lowest BCUT2D eigenvalue weighted by Crippen LogP contribution is -2.33. The van der Waals surface area contributed by atoms with Gasteiger partial charge in [0.1, 0.15) is 9.79 Å². The molecule has 32 heavy (non-hydrogen) atoms. The van der Waals surface area contributed by atoms with Gasteiger partial charge in [-0.1, -0.05) is 24.0 Å². The molecule has 172 valence electrons. The number of hydrogen-bond donors (Lipinski definition) is 2. The molecule has 0 radical (unpaired) electrons. The Morgan fingerprint density at radius 2 is 1.53 bits per heavy atom. The van der Waals surface area contributed by atoms with Crippen molar-refractivity contribution < 1.29 is 34.8 Å². The van der Waals surface area contributed by atoms with Crippen LogP contribution in [0.25, 0.3) is 0 Å². The largest absolute Gasteiger partial charge is 0.417 e. The Labute approximate surface area is 183 Å². The van der Waals surface area contributed by atoms with Crippen molar-refractivity contribution in [2.45, 2.75) is 36.7 Å². The molecule has 2 rings (SSSR count). The number of sulfonamides is 2. The number of alkyl halides is 3. The molecule has 0 saturated carbocycles. The van der Waals surface area contributed by atoms with Gasteiger partial charge in [0.05, 0.1) is 11.1 Å². The topological polar surface area (TPSA) is 123 Å². The standard InChI is InChI=1S/C20H19F3N2O5S2/c1-19(2,3)11-10-13-8-9-14(15(12-13)20(21,22)23)18(26)25-32(29,30)17-7-5-4-6-16(17)31(24,27)28/h4-9,12H,1-3H3,(H,25,26)(H2,24,27,28). The average Bonchev–Trinajstić information content (AvgIpc) is 2.64. The normalized spacial score (nSPS) is 12.6. The van der Waals surface area contributed by atoms with E-state index in [1.165, 1.54) is 10.8 Å². The van der Waals surface area contributed by atoms with Crippen molar-refractivity contribution in [1.29, 1.82) is 0 Å². The van der Waals surface area contributed by atoms with Crippen LogP contribution in [-0.4, -0.2) is 22.7 Å². The molecule has 1 amide bonds. The number of halogens is 3. The van der Waals surface area contributed by atoms with Crippen LogP contribution in [0.2, 0.25) is 0 Å². The lowest BCUT2D eigenvalue weighted by atomic mass is 9.96.